The number of anilines is 1. The van der Waals surface area contributed by atoms with Crippen molar-refractivity contribution in [2.24, 2.45) is 0 Å². The first-order valence-corrected chi connectivity index (χ1v) is 6.04. The highest BCUT2D eigenvalue weighted by Crippen LogP contribution is 2.16. The maximum atomic E-state index is 11.8. The van der Waals surface area contributed by atoms with E-state index in [-0.39, 0.29) is 24.2 Å². The lowest BCUT2D eigenvalue weighted by molar-refractivity contribution is 0.0941. The van der Waals surface area contributed by atoms with E-state index in [4.69, 9.17) is 10.5 Å². The third-order valence-electron chi connectivity index (χ3n) is 2.37. The number of aromatic nitrogens is 3. The Morgan fingerprint density at radius 2 is 2.30 bits per heavy atom. The molecule has 2 rings (SSSR count). The molecule has 0 saturated carbocycles. The smallest absolute Gasteiger partial charge is 0.277 e. The highest BCUT2D eigenvalue weighted by atomic mass is 16.6. The molecule has 0 unspecified atom stereocenters. The monoisotopic (exact) mass is 277 g/mol. The SMILES string of the molecule is CC(C)Oc1ncccc1CNC(=O)c1nonc1N. The van der Waals surface area contributed by atoms with E-state index >= 15 is 0 Å². The number of nitrogens with one attached hydrogen (secondary N) is 1. The van der Waals surface area contributed by atoms with Gasteiger partial charge in [0.25, 0.3) is 5.91 Å². The molecular weight excluding hydrogens is 262 g/mol. The number of pyridine rings is 1. The van der Waals surface area contributed by atoms with Crippen LogP contribution in [0.1, 0.15) is 29.9 Å². The van der Waals surface area contributed by atoms with Gasteiger partial charge in [0.1, 0.15) is 0 Å². The second-order valence-corrected chi connectivity index (χ2v) is 4.32. The molecule has 0 spiro atoms. The Kier molecular flexibility index (Phi) is 4.14. The van der Waals surface area contributed by atoms with Crippen molar-refractivity contribution in [3.05, 3.63) is 29.6 Å². The fourth-order valence-corrected chi connectivity index (χ4v) is 1.50. The number of nitrogens with two attached hydrogens (primary N) is 1. The van der Waals surface area contributed by atoms with Gasteiger partial charge in [0.05, 0.1) is 6.10 Å². The topological polar surface area (TPSA) is 116 Å². The average Bonchev–Trinajstić information content (AvgIpc) is 2.83. The van der Waals surface area contributed by atoms with Crippen LogP contribution in [0.3, 0.4) is 0 Å². The highest BCUT2D eigenvalue weighted by molar-refractivity contribution is 5.95. The molecule has 3 N–H and O–H groups in total. The predicted octanol–water partition coefficient (Wildman–Crippen LogP) is 0.764. The summed E-state index contributed by atoms with van der Waals surface area (Å²) in [4.78, 5) is 16.0. The van der Waals surface area contributed by atoms with Gasteiger partial charge in [-0.3, -0.25) is 4.79 Å². The number of rotatable bonds is 5. The summed E-state index contributed by atoms with van der Waals surface area (Å²) < 4.78 is 9.93. The van der Waals surface area contributed by atoms with Crippen molar-refractivity contribution < 1.29 is 14.2 Å². The summed E-state index contributed by atoms with van der Waals surface area (Å²) >= 11 is 0. The highest BCUT2D eigenvalue weighted by Gasteiger charge is 2.16. The van der Waals surface area contributed by atoms with E-state index in [0.717, 1.165) is 5.56 Å². The summed E-state index contributed by atoms with van der Waals surface area (Å²) in [6.07, 6.45) is 1.62. The van der Waals surface area contributed by atoms with Gasteiger partial charge >= 0.3 is 0 Å². The van der Waals surface area contributed by atoms with Crippen LogP contribution in [-0.4, -0.2) is 27.3 Å². The number of amides is 1. The zero-order valence-electron chi connectivity index (χ0n) is 11.2. The summed E-state index contributed by atoms with van der Waals surface area (Å²) in [6, 6.07) is 3.58. The van der Waals surface area contributed by atoms with Crippen LogP contribution in [0.4, 0.5) is 5.82 Å². The molecule has 20 heavy (non-hydrogen) atoms. The van der Waals surface area contributed by atoms with E-state index in [1.165, 1.54) is 0 Å². The third kappa shape index (κ3) is 3.22. The van der Waals surface area contributed by atoms with Gasteiger partial charge < -0.3 is 15.8 Å². The maximum absolute atomic E-state index is 11.8. The number of nitrogen functional groups attached to an aromatic ring is 1. The fraction of sp³-hybridized carbons (Fsp3) is 0.333. The van der Waals surface area contributed by atoms with Crippen LogP contribution in [0.15, 0.2) is 23.0 Å². The predicted molar refractivity (Wildman–Crippen MR) is 69.9 cm³/mol. The minimum Gasteiger partial charge on any atom is -0.475 e. The lowest BCUT2D eigenvalue weighted by Gasteiger charge is -2.12. The number of hydrogen-bond acceptors (Lipinski definition) is 7. The van der Waals surface area contributed by atoms with Crippen LogP contribution < -0.4 is 15.8 Å². The summed E-state index contributed by atoms with van der Waals surface area (Å²) in [6.45, 7) is 4.04. The molecule has 0 aliphatic heterocycles. The van der Waals surface area contributed by atoms with Crippen LogP contribution in [0.25, 0.3) is 0 Å². The van der Waals surface area contributed by atoms with Crippen molar-refractivity contribution in [3.8, 4) is 5.88 Å². The quantitative estimate of drug-likeness (QED) is 0.828. The standard InChI is InChI=1S/C12H15N5O3/c1-7(2)19-12-8(4-3-5-14-12)6-15-11(18)9-10(13)17-20-16-9/h3-5,7H,6H2,1-2H3,(H2,13,17)(H,15,18). The Bertz CT molecular complexity index is 596. The largest absolute Gasteiger partial charge is 0.475 e. The molecule has 0 radical (unpaired) electrons. The van der Waals surface area contributed by atoms with Crippen LogP contribution >= 0.6 is 0 Å². The van der Waals surface area contributed by atoms with E-state index in [1.54, 1.807) is 12.3 Å². The molecular formula is C12H15N5O3. The fourth-order valence-electron chi connectivity index (χ4n) is 1.50. The van der Waals surface area contributed by atoms with Crippen LogP contribution in [0.5, 0.6) is 5.88 Å². The number of ether oxygens (including phenoxy) is 1. The van der Waals surface area contributed by atoms with E-state index in [9.17, 15) is 4.79 Å². The van der Waals surface area contributed by atoms with E-state index in [1.807, 2.05) is 19.9 Å². The first-order chi connectivity index (χ1) is 9.58. The molecule has 0 aliphatic carbocycles. The van der Waals surface area contributed by atoms with E-state index in [0.29, 0.717) is 5.88 Å². The third-order valence-corrected chi connectivity index (χ3v) is 2.37. The zero-order chi connectivity index (χ0) is 14.5. The summed E-state index contributed by atoms with van der Waals surface area (Å²) in [5, 5.41) is 9.43. The first-order valence-electron chi connectivity index (χ1n) is 6.04. The van der Waals surface area contributed by atoms with Gasteiger partial charge in [-0.15, -0.1) is 0 Å². The molecule has 0 aliphatic rings. The molecule has 2 aromatic heterocycles. The van der Waals surface area contributed by atoms with Crippen molar-refractivity contribution in [3.63, 3.8) is 0 Å². The number of carbonyl (C=O) groups excluding carboxylic acids is 1. The molecule has 2 heterocycles. The maximum Gasteiger partial charge on any atom is 0.277 e. The van der Waals surface area contributed by atoms with Crippen LogP contribution in [-0.2, 0) is 6.54 Å². The molecule has 0 aromatic carbocycles. The van der Waals surface area contributed by atoms with Gasteiger partial charge in [-0.05, 0) is 30.2 Å². The number of hydrogen-bond donors (Lipinski definition) is 2. The Hall–Kier alpha value is -2.64. The second-order valence-electron chi connectivity index (χ2n) is 4.32. The van der Waals surface area contributed by atoms with Crippen molar-refractivity contribution in [2.45, 2.75) is 26.5 Å². The number of nitrogens with zero attached hydrogens (tertiary/aromatic N) is 3. The molecule has 0 saturated heterocycles. The van der Waals surface area contributed by atoms with Crippen molar-refractivity contribution in [1.82, 2.24) is 20.6 Å². The zero-order valence-corrected chi connectivity index (χ0v) is 11.2. The lowest BCUT2D eigenvalue weighted by Crippen LogP contribution is -2.24. The molecule has 2 aromatic rings. The van der Waals surface area contributed by atoms with Gasteiger partial charge in [0.2, 0.25) is 17.4 Å². The summed E-state index contributed by atoms with van der Waals surface area (Å²) in [5.74, 6) is -0.0375. The first kappa shape index (κ1) is 13.8. The normalized spacial score (nSPS) is 10.6. The van der Waals surface area contributed by atoms with Crippen LogP contribution in [0, 0.1) is 0 Å². The molecule has 0 atom stereocenters. The molecule has 0 fully saturated rings. The summed E-state index contributed by atoms with van der Waals surface area (Å²) in [5.41, 5.74) is 6.15. The van der Waals surface area contributed by atoms with Crippen molar-refractivity contribution in [2.75, 3.05) is 5.73 Å². The Morgan fingerprint density at radius 1 is 1.50 bits per heavy atom. The van der Waals surface area contributed by atoms with E-state index < -0.39 is 5.91 Å². The van der Waals surface area contributed by atoms with Gasteiger partial charge in [-0.25, -0.2) is 9.61 Å². The van der Waals surface area contributed by atoms with Crippen LogP contribution in [0.2, 0.25) is 0 Å². The molecule has 0 bridgehead atoms. The van der Waals surface area contributed by atoms with E-state index in [2.05, 4.69) is 25.2 Å². The van der Waals surface area contributed by atoms with Gasteiger partial charge in [0.15, 0.2) is 0 Å². The number of carbonyl (C=O) groups is 1. The van der Waals surface area contributed by atoms with Gasteiger partial charge in [-0.2, -0.15) is 0 Å². The lowest BCUT2D eigenvalue weighted by atomic mass is 10.2. The molecule has 1 amide bonds. The van der Waals surface area contributed by atoms with Crippen molar-refractivity contribution in [1.29, 1.82) is 0 Å². The Labute approximate surface area is 115 Å². The minimum absolute atomic E-state index is 0.00487. The average molecular weight is 277 g/mol. The van der Waals surface area contributed by atoms with Crippen molar-refractivity contribution >= 4 is 11.7 Å². The Balaban J connectivity index is 2.04. The Morgan fingerprint density at radius 3 is 2.95 bits per heavy atom. The van der Waals surface area contributed by atoms with Gasteiger partial charge in [0, 0.05) is 18.3 Å². The van der Waals surface area contributed by atoms with Gasteiger partial charge in [-0.1, -0.05) is 6.07 Å². The molecule has 8 nitrogen and oxygen atoms in total. The second kappa shape index (κ2) is 6.00. The summed E-state index contributed by atoms with van der Waals surface area (Å²) in [7, 11) is 0. The molecule has 8 heteroatoms. The minimum atomic E-state index is -0.469. The molecule has 106 valence electrons.